The molecule has 1 nitrogen and oxygen atoms in total. The molecule has 1 N–H and O–H groups in total. The van der Waals surface area contributed by atoms with Crippen molar-refractivity contribution in [1.82, 2.24) is 0 Å². The molecule has 0 atom stereocenters. The lowest BCUT2D eigenvalue weighted by atomic mass is 9.71. The van der Waals surface area contributed by atoms with Crippen LogP contribution in [0.1, 0.15) is 110 Å². The summed E-state index contributed by atoms with van der Waals surface area (Å²) in [6, 6.07) is 0. The molecule has 0 unspecified atom stereocenters. The Hall–Kier alpha value is -1.24. The van der Waals surface area contributed by atoms with Crippen molar-refractivity contribution >= 4 is 5.57 Å². The minimum atomic E-state index is -0.0818. The molecule has 0 aliphatic carbocycles. The van der Waals surface area contributed by atoms with Crippen molar-refractivity contribution in [1.29, 1.82) is 0 Å². The summed E-state index contributed by atoms with van der Waals surface area (Å²) >= 11 is 0. The molecule has 0 heterocycles. The third-order valence-electron chi connectivity index (χ3n) is 5.04. The van der Waals surface area contributed by atoms with Crippen LogP contribution in [0.3, 0.4) is 0 Å². The molecule has 0 fully saturated rings. The highest BCUT2D eigenvalue weighted by Gasteiger charge is 2.33. The van der Waals surface area contributed by atoms with E-state index in [0.717, 1.165) is 36.8 Å². The van der Waals surface area contributed by atoms with E-state index < -0.39 is 0 Å². The number of allylic oxidation sites excluding steroid dienone is 2. The van der Waals surface area contributed by atoms with E-state index >= 15 is 0 Å². The first-order valence-corrected chi connectivity index (χ1v) is 10.1. The van der Waals surface area contributed by atoms with E-state index in [0.29, 0.717) is 5.75 Å². The topological polar surface area (TPSA) is 20.2 Å². The predicted molar refractivity (Wildman–Crippen MR) is 113 cm³/mol. The van der Waals surface area contributed by atoms with Crippen LogP contribution < -0.4 is 0 Å². The van der Waals surface area contributed by atoms with Gasteiger partial charge in [-0.1, -0.05) is 75.3 Å². The van der Waals surface area contributed by atoms with Crippen LogP contribution in [0.2, 0.25) is 0 Å². The molecule has 0 amide bonds. The number of phenols is 1. The molecule has 142 valence electrons. The second-order valence-corrected chi connectivity index (χ2v) is 9.13. The zero-order valence-electron chi connectivity index (χ0n) is 18.4. The lowest BCUT2D eigenvalue weighted by molar-refractivity contribution is 0.419. The minimum Gasteiger partial charge on any atom is -0.507 e. The zero-order chi connectivity index (χ0) is 19.6. The Balaban J connectivity index is 4.20. The van der Waals surface area contributed by atoms with Crippen molar-refractivity contribution in [2.45, 2.75) is 106 Å². The highest BCUT2D eigenvalue weighted by molar-refractivity contribution is 5.76. The van der Waals surface area contributed by atoms with Gasteiger partial charge in [-0.25, -0.2) is 0 Å². The molecule has 0 radical (unpaired) electrons. The SMILES string of the molecule is CCC=C(CC)c1c(CC)c(C(C)(C)C)c(O)c(C(C)(C)C)c1CC. The van der Waals surface area contributed by atoms with Crippen LogP contribution in [0.25, 0.3) is 5.57 Å². The maximum atomic E-state index is 11.4. The first-order valence-electron chi connectivity index (χ1n) is 10.1. The molecule has 1 aromatic carbocycles. The molecule has 0 saturated carbocycles. The third-order valence-corrected chi connectivity index (χ3v) is 5.04. The smallest absolute Gasteiger partial charge is 0.123 e. The van der Waals surface area contributed by atoms with Crippen molar-refractivity contribution in [3.63, 3.8) is 0 Å². The van der Waals surface area contributed by atoms with E-state index in [1.807, 2.05) is 0 Å². The summed E-state index contributed by atoms with van der Waals surface area (Å²) < 4.78 is 0. The van der Waals surface area contributed by atoms with Crippen molar-refractivity contribution in [3.05, 3.63) is 33.9 Å². The Morgan fingerprint density at radius 2 is 1.20 bits per heavy atom. The number of hydrogen-bond donors (Lipinski definition) is 1. The van der Waals surface area contributed by atoms with Crippen molar-refractivity contribution in [2.75, 3.05) is 0 Å². The summed E-state index contributed by atoms with van der Waals surface area (Å²) in [5.74, 6) is 0.532. The Morgan fingerprint density at radius 1 is 0.800 bits per heavy atom. The number of phenolic OH excluding ortho intramolecular Hbond substituents is 1. The van der Waals surface area contributed by atoms with Crippen molar-refractivity contribution in [3.8, 4) is 5.75 Å². The molecule has 25 heavy (non-hydrogen) atoms. The minimum absolute atomic E-state index is 0.0818. The van der Waals surface area contributed by atoms with E-state index in [4.69, 9.17) is 0 Å². The van der Waals surface area contributed by atoms with Gasteiger partial charge in [-0.2, -0.15) is 0 Å². The highest BCUT2D eigenvalue weighted by atomic mass is 16.3. The quantitative estimate of drug-likeness (QED) is 0.593. The second kappa shape index (κ2) is 7.98. The number of rotatable bonds is 5. The molecule has 0 saturated heterocycles. The summed E-state index contributed by atoms with van der Waals surface area (Å²) in [4.78, 5) is 0. The molecule has 0 aliphatic heterocycles. The van der Waals surface area contributed by atoms with E-state index in [2.05, 4.69) is 75.3 Å². The first kappa shape index (κ1) is 21.8. The van der Waals surface area contributed by atoms with E-state index in [1.165, 1.54) is 22.3 Å². The molecule has 1 rings (SSSR count). The number of aromatic hydroxyl groups is 1. The van der Waals surface area contributed by atoms with Gasteiger partial charge in [-0.05, 0) is 58.8 Å². The Bertz CT molecular complexity index is 591. The van der Waals surface area contributed by atoms with Gasteiger partial charge in [-0.3, -0.25) is 0 Å². The Morgan fingerprint density at radius 3 is 1.44 bits per heavy atom. The van der Waals surface area contributed by atoms with Crippen LogP contribution in [0.5, 0.6) is 5.75 Å². The Labute approximate surface area is 156 Å². The van der Waals surface area contributed by atoms with Gasteiger partial charge >= 0.3 is 0 Å². The highest BCUT2D eigenvalue weighted by Crippen LogP contribution is 2.47. The zero-order valence-corrected chi connectivity index (χ0v) is 18.4. The fourth-order valence-electron chi connectivity index (χ4n) is 4.22. The third kappa shape index (κ3) is 4.30. The fraction of sp³-hybridized carbons (Fsp3) is 0.667. The summed E-state index contributed by atoms with van der Waals surface area (Å²) in [5, 5.41) is 11.4. The maximum Gasteiger partial charge on any atom is 0.123 e. The lowest BCUT2D eigenvalue weighted by Gasteiger charge is -2.34. The molecule has 1 aromatic rings. The summed E-state index contributed by atoms with van der Waals surface area (Å²) in [6.07, 6.45) is 6.36. The van der Waals surface area contributed by atoms with Crippen LogP contribution >= 0.6 is 0 Å². The van der Waals surface area contributed by atoms with E-state index in [1.54, 1.807) is 0 Å². The second-order valence-electron chi connectivity index (χ2n) is 9.13. The molecular formula is C24H40O. The van der Waals surface area contributed by atoms with Gasteiger partial charge in [0.2, 0.25) is 0 Å². The largest absolute Gasteiger partial charge is 0.507 e. The van der Waals surface area contributed by atoms with Crippen LogP contribution in [-0.4, -0.2) is 5.11 Å². The summed E-state index contributed by atoms with van der Waals surface area (Å²) in [6.45, 7) is 22.2. The van der Waals surface area contributed by atoms with Gasteiger partial charge in [0.1, 0.15) is 5.75 Å². The standard InChI is InChI=1S/C24H40O/c1-11-15-16(12-2)19-17(13-3)20(23(5,6)7)22(25)21(18(19)14-4)24(8,9)10/h15,25H,11-14H2,1-10H3. The van der Waals surface area contributed by atoms with Gasteiger partial charge in [0.25, 0.3) is 0 Å². The molecule has 0 bridgehead atoms. The predicted octanol–water partition coefficient (Wildman–Crippen LogP) is 7.32. The van der Waals surface area contributed by atoms with Gasteiger partial charge in [-0.15, -0.1) is 0 Å². The van der Waals surface area contributed by atoms with Crippen LogP contribution in [-0.2, 0) is 23.7 Å². The molecular weight excluding hydrogens is 304 g/mol. The fourth-order valence-corrected chi connectivity index (χ4v) is 4.22. The average Bonchev–Trinajstić information content (AvgIpc) is 2.48. The molecule has 0 aromatic heterocycles. The van der Waals surface area contributed by atoms with Crippen LogP contribution in [0.15, 0.2) is 6.08 Å². The molecule has 1 heteroatoms. The van der Waals surface area contributed by atoms with Crippen LogP contribution in [0.4, 0.5) is 0 Å². The molecule has 0 spiro atoms. The molecule has 0 aliphatic rings. The van der Waals surface area contributed by atoms with Gasteiger partial charge < -0.3 is 5.11 Å². The average molecular weight is 345 g/mol. The lowest BCUT2D eigenvalue weighted by Crippen LogP contribution is -2.23. The number of benzene rings is 1. The van der Waals surface area contributed by atoms with Crippen molar-refractivity contribution < 1.29 is 5.11 Å². The van der Waals surface area contributed by atoms with Gasteiger partial charge in [0.05, 0.1) is 0 Å². The van der Waals surface area contributed by atoms with Gasteiger partial charge in [0, 0.05) is 11.1 Å². The maximum absolute atomic E-state index is 11.4. The number of hydrogen-bond acceptors (Lipinski definition) is 1. The first-order chi connectivity index (χ1) is 11.4. The van der Waals surface area contributed by atoms with Gasteiger partial charge in [0.15, 0.2) is 0 Å². The Kier molecular flexibility index (Phi) is 6.95. The monoisotopic (exact) mass is 344 g/mol. The summed E-state index contributed by atoms with van der Waals surface area (Å²) in [5.41, 5.74) is 7.66. The van der Waals surface area contributed by atoms with E-state index in [-0.39, 0.29) is 10.8 Å². The summed E-state index contributed by atoms with van der Waals surface area (Å²) in [7, 11) is 0. The van der Waals surface area contributed by atoms with E-state index in [9.17, 15) is 5.11 Å². The normalized spacial score (nSPS) is 13.4. The van der Waals surface area contributed by atoms with Crippen molar-refractivity contribution in [2.24, 2.45) is 0 Å². The van der Waals surface area contributed by atoms with Crippen LogP contribution in [0, 0.1) is 0 Å².